The van der Waals surface area contributed by atoms with E-state index in [4.69, 9.17) is 9.47 Å². The molecule has 0 amide bonds. The summed E-state index contributed by atoms with van der Waals surface area (Å²) in [5.74, 6) is 0.700. The van der Waals surface area contributed by atoms with Gasteiger partial charge < -0.3 is 14.6 Å². The van der Waals surface area contributed by atoms with E-state index < -0.39 is 0 Å². The van der Waals surface area contributed by atoms with Crippen LogP contribution in [0.25, 0.3) is 6.08 Å². The molecule has 0 fully saturated rings. The van der Waals surface area contributed by atoms with Crippen LogP contribution in [0.2, 0.25) is 0 Å². The highest BCUT2D eigenvalue weighted by Gasteiger charge is 2.07. The minimum Gasteiger partial charge on any atom is -0.504 e. The molecule has 1 aromatic rings. The molecule has 1 aromatic carbocycles. The summed E-state index contributed by atoms with van der Waals surface area (Å²) < 4.78 is 10.1. The maximum absolute atomic E-state index is 11.5. The van der Waals surface area contributed by atoms with Crippen LogP contribution in [-0.4, -0.2) is 24.8 Å². The first kappa shape index (κ1) is 16.1. The van der Waals surface area contributed by atoms with Gasteiger partial charge in [0.1, 0.15) is 6.61 Å². The lowest BCUT2D eigenvalue weighted by Crippen LogP contribution is -2.08. The number of hydrogen-bond acceptors (Lipinski definition) is 4. The molecule has 0 aromatic heterocycles. The predicted molar refractivity (Wildman–Crippen MR) is 78.7 cm³/mol. The van der Waals surface area contributed by atoms with Crippen molar-refractivity contribution in [2.45, 2.75) is 26.7 Å². The highest BCUT2D eigenvalue weighted by atomic mass is 16.5. The molecule has 20 heavy (non-hydrogen) atoms. The summed E-state index contributed by atoms with van der Waals surface area (Å²) in [6, 6.07) is 5.04. The quantitative estimate of drug-likeness (QED) is 0.777. The molecule has 0 bridgehead atoms. The molecule has 0 spiro atoms. The van der Waals surface area contributed by atoms with Crippen LogP contribution >= 0.6 is 0 Å². The van der Waals surface area contributed by atoms with E-state index in [1.807, 2.05) is 13.0 Å². The topological polar surface area (TPSA) is 55.8 Å². The van der Waals surface area contributed by atoms with Crippen molar-refractivity contribution in [2.24, 2.45) is 5.92 Å². The van der Waals surface area contributed by atoms with Crippen LogP contribution in [-0.2, 0) is 9.53 Å². The second kappa shape index (κ2) is 8.25. The zero-order chi connectivity index (χ0) is 15.0. The Kier molecular flexibility index (Phi) is 6.64. The number of phenolic OH excluding ortho intramolecular Hbond substituents is 1. The summed E-state index contributed by atoms with van der Waals surface area (Å²) in [4.78, 5) is 11.5. The Labute approximate surface area is 120 Å². The van der Waals surface area contributed by atoms with E-state index in [1.54, 1.807) is 24.3 Å². The molecule has 110 valence electrons. The van der Waals surface area contributed by atoms with Gasteiger partial charge in [-0.2, -0.15) is 0 Å². The number of phenols is 1. The van der Waals surface area contributed by atoms with E-state index in [2.05, 4.69) is 6.92 Å². The fourth-order valence-corrected chi connectivity index (χ4v) is 1.61. The molecule has 0 radical (unpaired) electrons. The van der Waals surface area contributed by atoms with Gasteiger partial charge in [0, 0.05) is 6.42 Å². The second-order valence-electron chi connectivity index (χ2n) is 4.73. The number of rotatable bonds is 7. The fraction of sp³-hybridized carbons (Fsp3) is 0.438. The average molecular weight is 278 g/mol. The smallest absolute Gasteiger partial charge is 0.306 e. The van der Waals surface area contributed by atoms with E-state index in [0.717, 1.165) is 12.0 Å². The first-order valence-corrected chi connectivity index (χ1v) is 6.76. The molecule has 1 rings (SSSR count). The molecule has 1 N–H and O–H groups in total. The van der Waals surface area contributed by atoms with Crippen LogP contribution in [0.3, 0.4) is 0 Å². The van der Waals surface area contributed by atoms with Crippen molar-refractivity contribution in [3.05, 3.63) is 29.8 Å². The molecule has 0 aliphatic carbocycles. The van der Waals surface area contributed by atoms with Crippen molar-refractivity contribution in [1.82, 2.24) is 0 Å². The zero-order valence-electron chi connectivity index (χ0n) is 12.3. The lowest BCUT2D eigenvalue weighted by Gasteiger charge is -2.07. The summed E-state index contributed by atoms with van der Waals surface area (Å²) in [5, 5.41) is 9.47. The zero-order valence-corrected chi connectivity index (χ0v) is 12.3. The third kappa shape index (κ3) is 5.34. The largest absolute Gasteiger partial charge is 0.504 e. The fourth-order valence-electron chi connectivity index (χ4n) is 1.61. The lowest BCUT2D eigenvalue weighted by atomic mass is 10.1. The monoisotopic (exact) mass is 278 g/mol. The Morgan fingerprint density at radius 3 is 2.85 bits per heavy atom. The number of carbonyl (C=O) groups is 1. The van der Waals surface area contributed by atoms with Crippen molar-refractivity contribution in [2.75, 3.05) is 13.7 Å². The first-order valence-electron chi connectivity index (χ1n) is 6.76. The van der Waals surface area contributed by atoms with E-state index in [0.29, 0.717) is 18.1 Å². The van der Waals surface area contributed by atoms with Gasteiger partial charge in [0.2, 0.25) is 0 Å². The van der Waals surface area contributed by atoms with E-state index in [1.165, 1.54) is 7.11 Å². The Morgan fingerprint density at radius 2 is 2.20 bits per heavy atom. The summed E-state index contributed by atoms with van der Waals surface area (Å²) >= 11 is 0. The number of aromatic hydroxyl groups is 1. The van der Waals surface area contributed by atoms with Crippen LogP contribution in [0.5, 0.6) is 11.5 Å². The minimum atomic E-state index is -0.174. The average Bonchev–Trinajstić information content (AvgIpc) is 2.45. The van der Waals surface area contributed by atoms with E-state index in [9.17, 15) is 9.90 Å². The van der Waals surface area contributed by atoms with Crippen molar-refractivity contribution in [3.63, 3.8) is 0 Å². The van der Waals surface area contributed by atoms with Gasteiger partial charge >= 0.3 is 5.97 Å². The van der Waals surface area contributed by atoms with Crippen LogP contribution < -0.4 is 4.74 Å². The highest BCUT2D eigenvalue weighted by molar-refractivity contribution is 5.69. The maximum Gasteiger partial charge on any atom is 0.306 e. The maximum atomic E-state index is 11.5. The number of carbonyl (C=O) groups excluding carboxylic acids is 1. The Bertz CT molecular complexity index is 466. The third-order valence-corrected chi connectivity index (χ3v) is 3.07. The second-order valence-corrected chi connectivity index (χ2v) is 4.73. The van der Waals surface area contributed by atoms with E-state index in [-0.39, 0.29) is 18.3 Å². The van der Waals surface area contributed by atoms with Gasteiger partial charge in [0.05, 0.1) is 7.11 Å². The number of ether oxygens (including phenoxy) is 2. The molecule has 0 aliphatic rings. The molecular weight excluding hydrogens is 256 g/mol. The lowest BCUT2D eigenvalue weighted by molar-refractivity contribution is -0.143. The van der Waals surface area contributed by atoms with Crippen molar-refractivity contribution >= 4 is 12.0 Å². The Morgan fingerprint density at radius 1 is 1.45 bits per heavy atom. The third-order valence-electron chi connectivity index (χ3n) is 3.07. The SMILES string of the molecule is CCC(C)CC(=O)OC/C=C/c1ccc(O)c(OC)c1. The Hall–Kier alpha value is -1.97. The molecule has 1 atom stereocenters. The van der Waals surface area contributed by atoms with Crippen LogP contribution in [0.4, 0.5) is 0 Å². The van der Waals surface area contributed by atoms with Gasteiger partial charge in [-0.05, 0) is 29.7 Å². The molecule has 1 unspecified atom stereocenters. The number of esters is 1. The Balaban J connectivity index is 2.43. The van der Waals surface area contributed by atoms with Gasteiger partial charge in [-0.25, -0.2) is 0 Å². The molecule has 4 nitrogen and oxygen atoms in total. The molecule has 0 aliphatic heterocycles. The van der Waals surface area contributed by atoms with Crippen LogP contribution in [0, 0.1) is 5.92 Å². The van der Waals surface area contributed by atoms with Gasteiger partial charge in [-0.15, -0.1) is 0 Å². The van der Waals surface area contributed by atoms with Crippen molar-refractivity contribution in [3.8, 4) is 11.5 Å². The number of benzene rings is 1. The molecule has 0 heterocycles. The van der Waals surface area contributed by atoms with Gasteiger partial charge in [-0.3, -0.25) is 4.79 Å². The first-order chi connectivity index (χ1) is 9.56. The standard InChI is InChI=1S/C16H22O4/c1-4-12(2)10-16(18)20-9-5-6-13-7-8-14(17)15(11-13)19-3/h5-8,11-12,17H,4,9-10H2,1-3H3/b6-5+. The van der Waals surface area contributed by atoms with Crippen molar-refractivity contribution < 1.29 is 19.4 Å². The van der Waals surface area contributed by atoms with Crippen molar-refractivity contribution in [1.29, 1.82) is 0 Å². The van der Waals surface area contributed by atoms with Gasteiger partial charge in [0.25, 0.3) is 0 Å². The summed E-state index contributed by atoms with van der Waals surface area (Å²) in [6.45, 7) is 4.33. The normalized spacial score (nSPS) is 12.3. The van der Waals surface area contributed by atoms with Crippen LogP contribution in [0.1, 0.15) is 32.3 Å². The molecule has 4 heteroatoms. The van der Waals surface area contributed by atoms with E-state index >= 15 is 0 Å². The summed E-state index contributed by atoms with van der Waals surface area (Å²) in [6.07, 6.45) is 5.01. The summed E-state index contributed by atoms with van der Waals surface area (Å²) in [7, 11) is 1.50. The van der Waals surface area contributed by atoms with Gasteiger partial charge in [0.15, 0.2) is 11.5 Å². The predicted octanol–water partition coefficient (Wildman–Crippen LogP) is 3.39. The van der Waals surface area contributed by atoms with Gasteiger partial charge in [-0.1, -0.05) is 32.4 Å². The molecule has 0 saturated carbocycles. The molecule has 0 saturated heterocycles. The van der Waals surface area contributed by atoms with Crippen LogP contribution in [0.15, 0.2) is 24.3 Å². The summed E-state index contributed by atoms with van der Waals surface area (Å²) in [5.41, 5.74) is 0.873. The highest BCUT2D eigenvalue weighted by Crippen LogP contribution is 2.26. The minimum absolute atomic E-state index is 0.102. The number of hydrogen-bond donors (Lipinski definition) is 1. The number of methoxy groups -OCH3 is 1. The molecular formula is C16H22O4.